The van der Waals surface area contributed by atoms with Crippen molar-refractivity contribution < 1.29 is 4.79 Å². The molecule has 0 bridgehead atoms. The largest absolute Gasteiger partial charge is 0.332 e. The maximum Gasteiger partial charge on any atom is 0.261 e. The fourth-order valence-corrected chi connectivity index (χ4v) is 3.27. The quantitative estimate of drug-likeness (QED) is 0.691. The smallest absolute Gasteiger partial charge is 0.261 e. The number of para-hydroxylation sites is 1. The third kappa shape index (κ3) is 3.57. The first-order valence-corrected chi connectivity index (χ1v) is 9.44. The lowest BCUT2D eigenvalue weighted by molar-refractivity contribution is 0.0734. The van der Waals surface area contributed by atoms with Gasteiger partial charge < -0.3 is 4.90 Å². The Morgan fingerprint density at radius 2 is 1.68 bits per heavy atom. The molecule has 1 amide bonds. The van der Waals surface area contributed by atoms with Crippen LogP contribution in [0.2, 0.25) is 0 Å². The summed E-state index contributed by atoms with van der Waals surface area (Å²) < 4.78 is 1.53. The molecule has 1 aromatic heterocycles. The molecule has 0 aliphatic carbocycles. The number of hydrogen-bond donors (Lipinski definition) is 0. The highest BCUT2D eigenvalue weighted by molar-refractivity contribution is 5.94. The van der Waals surface area contributed by atoms with E-state index < -0.39 is 0 Å². The number of carbonyl (C=O) groups excluding carboxylic acids is 1. The third-order valence-corrected chi connectivity index (χ3v) is 5.29. The first-order valence-electron chi connectivity index (χ1n) is 9.44. The number of benzene rings is 2. The minimum atomic E-state index is -0.350. The van der Waals surface area contributed by atoms with Gasteiger partial charge in [0.25, 0.3) is 11.5 Å². The number of aromatic nitrogens is 2. The minimum absolute atomic E-state index is 0.0358. The SMILES string of the molecule is CC(c1nc2ccccc2c(=O)n1C)N(C)C(=O)c1ccc(C(C)(C)C)cc1. The van der Waals surface area contributed by atoms with E-state index in [4.69, 9.17) is 0 Å². The maximum absolute atomic E-state index is 13.0. The van der Waals surface area contributed by atoms with Crippen LogP contribution < -0.4 is 5.56 Å². The van der Waals surface area contributed by atoms with Gasteiger partial charge >= 0.3 is 0 Å². The van der Waals surface area contributed by atoms with E-state index in [0.29, 0.717) is 22.3 Å². The number of nitrogens with zero attached hydrogens (tertiary/aromatic N) is 3. The van der Waals surface area contributed by atoms with Crippen molar-refractivity contribution in [2.45, 2.75) is 39.2 Å². The molecule has 1 heterocycles. The summed E-state index contributed by atoms with van der Waals surface area (Å²) >= 11 is 0. The zero-order chi connectivity index (χ0) is 20.6. The van der Waals surface area contributed by atoms with Crippen molar-refractivity contribution in [3.8, 4) is 0 Å². The second kappa shape index (κ2) is 7.23. The van der Waals surface area contributed by atoms with Gasteiger partial charge in [-0.25, -0.2) is 4.98 Å². The van der Waals surface area contributed by atoms with E-state index in [0.717, 1.165) is 0 Å². The van der Waals surface area contributed by atoms with E-state index in [9.17, 15) is 9.59 Å². The molecule has 0 fully saturated rings. The standard InChI is InChI=1S/C23H27N3O2/c1-15(20-24-19-10-8-7-9-18(19)22(28)26(20)6)25(5)21(27)16-11-13-17(14-12-16)23(2,3)4/h7-15H,1-6H3. The minimum Gasteiger partial charge on any atom is -0.332 e. The molecule has 0 spiro atoms. The molecule has 0 radical (unpaired) electrons. The highest BCUT2D eigenvalue weighted by Crippen LogP contribution is 2.24. The van der Waals surface area contributed by atoms with Gasteiger partial charge in [-0.3, -0.25) is 14.2 Å². The maximum atomic E-state index is 13.0. The summed E-state index contributed by atoms with van der Waals surface area (Å²) in [6.45, 7) is 8.32. The fraction of sp³-hybridized carbons (Fsp3) is 0.348. The van der Waals surface area contributed by atoms with Gasteiger partial charge in [0.05, 0.1) is 16.9 Å². The monoisotopic (exact) mass is 377 g/mol. The van der Waals surface area contributed by atoms with E-state index >= 15 is 0 Å². The van der Waals surface area contributed by atoms with Gasteiger partial charge in [0, 0.05) is 19.7 Å². The Morgan fingerprint density at radius 3 is 2.29 bits per heavy atom. The lowest BCUT2D eigenvalue weighted by Crippen LogP contribution is -2.34. The van der Waals surface area contributed by atoms with E-state index in [1.165, 1.54) is 10.1 Å². The molecular formula is C23H27N3O2. The molecule has 0 N–H and O–H groups in total. The molecule has 28 heavy (non-hydrogen) atoms. The van der Waals surface area contributed by atoms with Gasteiger partial charge in [0.2, 0.25) is 0 Å². The number of amides is 1. The third-order valence-electron chi connectivity index (χ3n) is 5.29. The number of fused-ring (bicyclic) bond motifs is 1. The summed E-state index contributed by atoms with van der Waals surface area (Å²) in [5, 5.41) is 0.577. The van der Waals surface area contributed by atoms with Crippen LogP contribution in [-0.4, -0.2) is 27.4 Å². The van der Waals surface area contributed by atoms with E-state index in [1.807, 2.05) is 49.4 Å². The van der Waals surface area contributed by atoms with Crippen LogP contribution in [0.4, 0.5) is 0 Å². The summed E-state index contributed by atoms with van der Waals surface area (Å²) in [6.07, 6.45) is 0. The Hall–Kier alpha value is -2.95. The van der Waals surface area contributed by atoms with Crippen LogP contribution in [0, 0.1) is 0 Å². The lowest BCUT2D eigenvalue weighted by Gasteiger charge is -2.26. The molecular weight excluding hydrogens is 350 g/mol. The summed E-state index contributed by atoms with van der Waals surface area (Å²) in [4.78, 5) is 31.9. The molecule has 0 aliphatic heterocycles. The Bertz CT molecular complexity index is 1080. The van der Waals surface area contributed by atoms with Gasteiger partial charge in [-0.05, 0) is 42.2 Å². The van der Waals surface area contributed by atoms with Crippen LogP contribution in [0.5, 0.6) is 0 Å². The average Bonchev–Trinajstić information content (AvgIpc) is 2.68. The Kier molecular flexibility index (Phi) is 5.11. The molecule has 0 saturated heterocycles. The van der Waals surface area contributed by atoms with Gasteiger partial charge in [0.15, 0.2) is 0 Å². The molecule has 3 aromatic rings. The van der Waals surface area contributed by atoms with E-state index in [-0.39, 0.29) is 22.9 Å². The van der Waals surface area contributed by atoms with Crippen molar-refractivity contribution in [3.63, 3.8) is 0 Å². The molecule has 0 aliphatic rings. The van der Waals surface area contributed by atoms with Crippen LogP contribution in [-0.2, 0) is 12.5 Å². The fourth-order valence-electron chi connectivity index (χ4n) is 3.27. The predicted molar refractivity (Wildman–Crippen MR) is 113 cm³/mol. The van der Waals surface area contributed by atoms with Gasteiger partial charge in [-0.2, -0.15) is 0 Å². The zero-order valence-electron chi connectivity index (χ0n) is 17.4. The van der Waals surface area contributed by atoms with Crippen LogP contribution in [0.1, 0.15) is 55.5 Å². The lowest BCUT2D eigenvalue weighted by atomic mass is 9.86. The summed E-state index contributed by atoms with van der Waals surface area (Å²) in [7, 11) is 3.44. The van der Waals surface area contributed by atoms with Crippen molar-refractivity contribution in [1.29, 1.82) is 0 Å². The zero-order valence-corrected chi connectivity index (χ0v) is 17.4. The van der Waals surface area contributed by atoms with Crippen LogP contribution in [0.15, 0.2) is 53.3 Å². The predicted octanol–water partition coefficient (Wildman–Crippen LogP) is 4.06. The number of rotatable bonds is 3. The van der Waals surface area contributed by atoms with Crippen LogP contribution >= 0.6 is 0 Å². The molecule has 146 valence electrons. The van der Waals surface area contributed by atoms with Gasteiger partial charge in [-0.15, -0.1) is 0 Å². The summed E-state index contributed by atoms with van der Waals surface area (Å²) in [5.41, 5.74) is 2.37. The van der Waals surface area contributed by atoms with E-state index in [2.05, 4.69) is 25.8 Å². The van der Waals surface area contributed by atoms with Crippen molar-refractivity contribution in [2.75, 3.05) is 7.05 Å². The van der Waals surface area contributed by atoms with E-state index in [1.54, 1.807) is 25.1 Å². The van der Waals surface area contributed by atoms with Crippen molar-refractivity contribution in [1.82, 2.24) is 14.5 Å². The number of carbonyl (C=O) groups is 1. The van der Waals surface area contributed by atoms with Crippen molar-refractivity contribution in [3.05, 3.63) is 75.8 Å². The number of hydrogen-bond acceptors (Lipinski definition) is 3. The Labute approximate surface area is 165 Å². The second-order valence-electron chi connectivity index (χ2n) is 8.27. The molecule has 3 rings (SSSR count). The second-order valence-corrected chi connectivity index (χ2v) is 8.27. The van der Waals surface area contributed by atoms with Gasteiger partial charge in [-0.1, -0.05) is 45.0 Å². The van der Waals surface area contributed by atoms with Crippen LogP contribution in [0.3, 0.4) is 0 Å². The molecule has 2 aromatic carbocycles. The highest BCUT2D eigenvalue weighted by Gasteiger charge is 2.23. The molecule has 0 saturated carbocycles. The van der Waals surface area contributed by atoms with Crippen molar-refractivity contribution >= 4 is 16.8 Å². The summed E-state index contributed by atoms with van der Waals surface area (Å²) in [5.74, 6) is 0.459. The Balaban J connectivity index is 1.93. The molecule has 1 atom stereocenters. The van der Waals surface area contributed by atoms with Crippen LogP contribution in [0.25, 0.3) is 10.9 Å². The Morgan fingerprint density at radius 1 is 1.07 bits per heavy atom. The normalized spacial score (nSPS) is 12.8. The molecule has 5 nitrogen and oxygen atoms in total. The first-order chi connectivity index (χ1) is 13.1. The first kappa shape index (κ1) is 19.8. The topological polar surface area (TPSA) is 55.2 Å². The van der Waals surface area contributed by atoms with Crippen molar-refractivity contribution in [2.24, 2.45) is 7.05 Å². The summed E-state index contributed by atoms with van der Waals surface area (Å²) in [6, 6.07) is 14.6. The molecule has 1 unspecified atom stereocenters. The average molecular weight is 377 g/mol. The highest BCUT2D eigenvalue weighted by atomic mass is 16.2. The van der Waals surface area contributed by atoms with Gasteiger partial charge in [0.1, 0.15) is 5.82 Å². The molecule has 5 heteroatoms.